The maximum absolute atomic E-state index is 12.7. The van der Waals surface area contributed by atoms with E-state index in [-0.39, 0.29) is 11.7 Å². The zero-order valence-corrected chi connectivity index (χ0v) is 17.7. The molecule has 1 heterocycles. The first-order valence-corrected chi connectivity index (χ1v) is 11.0. The van der Waals surface area contributed by atoms with Crippen LogP contribution in [0.1, 0.15) is 34.7 Å². The maximum atomic E-state index is 12.7. The fourth-order valence-corrected chi connectivity index (χ4v) is 4.17. The Labute approximate surface area is 175 Å². The van der Waals surface area contributed by atoms with Gasteiger partial charge in [0.1, 0.15) is 5.75 Å². The number of halogens is 1. The first-order valence-electron chi connectivity index (χ1n) is 10.2. The average molecular weight is 443 g/mol. The van der Waals surface area contributed by atoms with Crippen LogP contribution in [0.3, 0.4) is 0 Å². The van der Waals surface area contributed by atoms with E-state index in [0.29, 0.717) is 12.5 Å². The second-order valence-electron chi connectivity index (χ2n) is 7.68. The van der Waals surface area contributed by atoms with E-state index in [1.54, 1.807) is 0 Å². The van der Waals surface area contributed by atoms with Gasteiger partial charge in [-0.15, -0.1) is 0 Å². The molecule has 0 amide bonds. The van der Waals surface area contributed by atoms with Crippen LogP contribution in [0.5, 0.6) is 5.75 Å². The summed E-state index contributed by atoms with van der Waals surface area (Å²) in [6, 6.07) is 16.0. The van der Waals surface area contributed by atoms with Crippen molar-refractivity contribution in [1.29, 1.82) is 0 Å². The molecule has 2 atom stereocenters. The van der Waals surface area contributed by atoms with Crippen LogP contribution in [0, 0.1) is 5.92 Å². The van der Waals surface area contributed by atoms with Gasteiger partial charge in [-0.25, -0.2) is 0 Å². The molecule has 2 aromatic carbocycles. The standard InChI is InChI=1S/C23H27BrN2O2/c24-19-6-2-17(3-7-19)21-16-22(21)23(27)18-4-8-20(9-5-18)28-15-1-12-26-13-10-25-11-14-26/h2-9,21-22,25H,1,10-16H2/t21-,22+/m0/s1. The Bertz CT molecular complexity index is 785. The second-order valence-corrected chi connectivity index (χ2v) is 8.60. The molecular formula is C23H27BrN2O2. The minimum absolute atomic E-state index is 0.118. The number of carbonyl (C=O) groups excluding carboxylic acids is 1. The molecule has 2 fully saturated rings. The van der Waals surface area contributed by atoms with Crippen LogP contribution >= 0.6 is 15.9 Å². The molecule has 4 rings (SSSR count). The van der Waals surface area contributed by atoms with Crippen LogP contribution < -0.4 is 10.1 Å². The number of ketones is 1. The van der Waals surface area contributed by atoms with Gasteiger partial charge >= 0.3 is 0 Å². The normalized spacial score (nSPS) is 22.0. The van der Waals surface area contributed by atoms with Gasteiger partial charge in [-0.2, -0.15) is 0 Å². The molecule has 4 nitrogen and oxygen atoms in total. The van der Waals surface area contributed by atoms with E-state index in [0.717, 1.165) is 61.4 Å². The van der Waals surface area contributed by atoms with Gasteiger partial charge in [-0.3, -0.25) is 4.79 Å². The quantitative estimate of drug-likeness (QED) is 0.493. The minimum atomic E-state index is 0.118. The van der Waals surface area contributed by atoms with E-state index in [1.807, 2.05) is 36.4 Å². The van der Waals surface area contributed by atoms with Crippen LogP contribution in [-0.2, 0) is 0 Å². The van der Waals surface area contributed by atoms with Gasteiger partial charge in [0.05, 0.1) is 6.61 Å². The molecule has 1 saturated carbocycles. The van der Waals surface area contributed by atoms with Crippen molar-refractivity contribution in [3.63, 3.8) is 0 Å². The lowest BCUT2D eigenvalue weighted by molar-refractivity contribution is 0.0965. The summed E-state index contributed by atoms with van der Waals surface area (Å²) in [5, 5.41) is 3.37. The summed E-state index contributed by atoms with van der Waals surface area (Å²) in [6.45, 7) is 6.21. The number of Topliss-reactive ketones (excluding diaryl/α,β-unsaturated/α-hetero) is 1. The Morgan fingerprint density at radius 3 is 2.50 bits per heavy atom. The van der Waals surface area contributed by atoms with Gasteiger partial charge in [0, 0.05) is 48.7 Å². The molecule has 0 bridgehead atoms. The van der Waals surface area contributed by atoms with Crippen molar-refractivity contribution in [3.05, 3.63) is 64.1 Å². The Morgan fingerprint density at radius 1 is 1.07 bits per heavy atom. The number of carbonyl (C=O) groups is 1. The Balaban J connectivity index is 1.23. The van der Waals surface area contributed by atoms with Crippen molar-refractivity contribution in [2.75, 3.05) is 39.3 Å². The highest BCUT2D eigenvalue weighted by Gasteiger charge is 2.43. The summed E-state index contributed by atoms with van der Waals surface area (Å²) >= 11 is 3.46. The molecule has 28 heavy (non-hydrogen) atoms. The molecule has 0 unspecified atom stereocenters. The smallest absolute Gasteiger partial charge is 0.166 e. The molecule has 0 aromatic heterocycles. The molecule has 0 spiro atoms. The average Bonchev–Trinajstić information content (AvgIpc) is 3.53. The number of benzene rings is 2. The molecule has 1 N–H and O–H groups in total. The van der Waals surface area contributed by atoms with Gasteiger partial charge in [-0.05, 0) is 60.7 Å². The van der Waals surface area contributed by atoms with Crippen molar-refractivity contribution < 1.29 is 9.53 Å². The van der Waals surface area contributed by atoms with E-state index in [9.17, 15) is 4.79 Å². The SMILES string of the molecule is O=C(c1ccc(OCCCN2CCNCC2)cc1)[C@@H]1C[C@H]1c1ccc(Br)cc1. The summed E-state index contributed by atoms with van der Waals surface area (Å²) in [5.74, 6) is 1.57. The summed E-state index contributed by atoms with van der Waals surface area (Å²) in [6.07, 6.45) is 1.97. The van der Waals surface area contributed by atoms with Crippen molar-refractivity contribution in [3.8, 4) is 5.75 Å². The zero-order valence-electron chi connectivity index (χ0n) is 16.1. The number of nitrogens with zero attached hydrogens (tertiary/aromatic N) is 1. The highest BCUT2D eigenvalue weighted by molar-refractivity contribution is 9.10. The van der Waals surface area contributed by atoms with Crippen LogP contribution in [0.15, 0.2) is 53.0 Å². The molecule has 148 valence electrons. The third-order valence-corrected chi connectivity index (χ3v) is 6.19. The number of ether oxygens (including phenoxy) is 1. The van der Waals surface area contributed by atoms with E-state index in [4.69, 9.17) is 4.74 Å². The number of hydrogen-bond acceptors (Lipinski definition) is 4. The van der Waals surface area contributed by atoms with Gasteiger partial charge < -0.3 is 15.0 Å². The largest absolute Gasteiger partial charge is 0.494 e. The van der Waals surface area contributed by atoms with Crippen LogP contribution in [0.4, 0.5) is 0 Å². The van der Waals surface area contributed by atoms with Crippen molar-refractivity contribution in [1.82, 2.24) is 10.2 Å². The highest BCUT2D eigenvalue weighted by Crippen LogP contribution is 2.49. The monoisotopic (exact) mass is 442 g/mol. The van der Waals surface area contributed by atoms with Crippen LogP contribution in [-0.4, -0.2) is 50.0 Å². The lowest BCUT2D eigenvalue weighted by Gasteiger charge is -2.26. The number of nitrogens with one attached hydrogen (secondary N) is 1. The topological polar surface area (TPSA) is 41.6 Å². The third kappa shape index (κ3) is 5.02. The summed E-state index contributed by atoms with van der Waals surface area (Å²) < 4.78 is 6.92. The lowest BCUT2D eigenvalue weighted by Crippen LogP contribution is -2.43. The maximum Gasteiger partial charge on any atom is 0.166 e. The molecule has 1 saturated heterocycles. The fraction of sp³-hybridized carbons (Fsp3) is 0.435. The van der Waals surface area contributed by atoms with Crippen LogP contribution in [0.25, 0.3) is 0 Å². The van der Waals surface area contributed by atoms with Crippen LogP contribution in [0.2, 0.25) is 0 Å². The number of hydrogen-bond donors (Lipinski definition) is 1. The third-order valence-electron chi connectivity index (χ3n) is 5.66. The van der Waals surface area contributed by atoms with Gasteiger partial charge in [0.2, 0.25) is 0 Å². The van der Waals surface area contributed by atoms with E-state index in [2.05, 4.69) is 38.3 Å². The van der Waals surface area contributed by atoms with Gasteiger partial charge in [0.25, 0.3) is 0 Å². The van der Waals surface area contributed by atoms with Crippen molar-refractivity contribution in [2.45, 2.75) is 18.8 Å². The molecule has 1 aliphatic carbocycles. The van der Waals surface area contributed by atoms with Crippen molar-refractivity contribution >= 4 is 21.7 Å². The minimum Gasteiger partial charge on any atom is -0.494 e. The fourth-order valence-electron chi connectivity index (χ4n) is 3.91. The van der Waals surface area contributed by atoms with E-state index in [1.165, 1.54) is 5.56 Å². The Kier molecular flexibility index (Phi) is 6.45. The summed E-state index contributed by atoms with van der Waals surface area (Å²) in [4.78, 5) is 15.2. The second kappa shape index (κ2) is 9.21. The molecule has 2 aromatic rings. The Hall–Kier alpha value is -1.69. The summed E-state index contributed by atoms with van der Waals surface area (Å²) in [5.41, 5.74) is 2.05. The molecule has 0 radical (unpaired) electrons. The molecule has 2 aliphatic rings. The number of piperazine rings is 1. The highest BCUT2D eigenvalue weighted by atomic mass is 79.9. The predicted octanol–water partition coefficient (Wildman–Crippen LogP) is 4.11. The van der Waals surface area contributed by atoms with Gasteiger partial charge in [-0.1, -0.05) is 28.1 Å². The molecule has 1 aliphatic heterocycles. The Morgan fingerprint density at radius 2 is 1.79 bits per heavy atom. The molecular weight excluding hydrogens is 416 g/mol. The van der Waals surface area contributed by atoms with E-state index >= 15 is 0 Å². The number of rotatable bonds is 8. The zero-order chi connectivity index (χ0) is 19.3. The molecule has 5 heteroatoms. The van der Waals surface area contributed by atoms with Crippen molar-refractivity contribution in [2.24, 2.45) is 5.92 Å². The lowest BCUT2D eigenvalue weighted by atomic mass is 10.0. The summed E-state index contributed by atoms with van der Waals surface area (Å²) in [7, 11) is 0. The van der Waals surface area contributed by atoms with Gasteiger partial charge in [0.15, 0.2) is 5.78 Å². The first-order chi connectivity index (χ1) is 13.7. The first kappa shape index (κ1) is 19.6. The van der Waals surface area contributed by atoms with E-state index < -0.39 is 0 Å². The predicted molar refractivity (Wildman–Crippen MR) is 115 cm³/mol.